The molecule has 1 aromatic heterocycles. The van der Waals surface area contributed by atoms with Gasteiger partial charge in [0.1, 0.15) is 11.4 Å². The summed E-state index contributed by atoms with van der Waals surface area (Å²) in [5, 5.41) is 17.8. The molecule has 234 valence electrons. The summed E-state index contributed by atoms with van der Waals surface area (Å²) < 4.78 is 0. The first-order chi connectivity index (χ1) is 20.8. The van der Waals surface area contributed by atoms with Gasteiger partial charge in [-0.15, -0.1) is 0 Å². The summed E-state index contributed by atoms with van der Waals surface area (Å²) in [5.74, 6) is 0.617. The van der Waals surface area contributed by atoms with Crippen molar-refractivity contribution in [3.63, 3.8) is 0 Å². The highest BCUT2D eigenvalue weighted by molar-refractivity contribution is 6.47. The van der Waals surface area contributed by atoms with E-state index in [2.05, 4.69) is 72.4 Å². The summed E-state index contributed by atoms with van der Waals surface area (Å²) >= 11 is 6.38. The van der Waals surface area contributed by atoms with Crippen LogP contribution in [0.15, 0.2) is 53.5 Å². The average molecular weight is 617 g/mol. The number of aromatic nitrogens is 4. The minimum Gasteiger partial charge on any atom is -0.348 e. The molecular formula is C34H43ClN7O2-. The van der Waals surface area contributed by atoms with Gasteiger partial charge in [-0.25, -0.2) is 0 Å². The fourth-order valence-electron chi connectivity index (χ4n) is 6.53. The molecule has 0 saturated heterocycles. The van der Waals surface area contributed by atoms with Crippen LogP contribution in [0.4, 0.5) is 0 Å². The smallest absolute Gasteiger partial charge is 0.275 e. The van der Waals surface area contributed by atoms with Crippen molar-refractivity contribution in [2.75, 3.05) is 0 Å². The quantitative estimate of drug-likeness (QED) is 0.307. The van der Waals surface area contributed by atoms with E-state index in [4.69, 9.17) is 16.6 Å². The minimum absolute atomic E-state index is 0.0564. The molecule has 2 heterocycles. The van der Waals surface area contributed by atoms with Crippen molar-refractivity contribution in [2.24, 2.45) is 21.7 Å². The van der Waals surface area contributed by atoms with Crippen LogP contribution in [0.5, 0.6) is 0 Å². The van der Waals surface area contributed by atoms with Crippen LogP contribution >= 0.6 is 11.6 Å². The number of amides is 2. The van der Waals surface area contributed by atoms with E-state index in [0.717, 1.165) is 49.7 Å². The number of tetrazole rings is 1. The average Bonchev–Trinajstić information content (AvgIpc) is 3.58. The van der Waals surface area contributed by atoms with E-state index in [9.17, 15) is 9.59 Å². The lowest BCUT2D eigenvalue weighted by atomic mass is 9.69. The Labute approximate surface area is 265 Å². The van der Waals surface area contributed by atoms with E-state index in [-0.39, 0.29) is 35.2 Å². The molecule has 0 radical (unpaired) electrons. The Kier molecular flexibility index (Phi) is 8.99. The standard InChI is InChI=1S/C34H44ClN7O2/c1-32(2,3)17-16-27(22-10-12-23(13-11-22)30(43)36-21-28-38-40-41-39-28)42-31(44)29(24-8-7-9-26(35)20-24)37-34(42)18-14-25(15-19-34)33(4,5)6/h7-13,20,25,27H,14-19,21H2,1-6H3,(H2,36,38,39,40,41,43)/p-1/t25?,27-,34?/m1/s1. The van der Waals surface area contributed by atoms with Gasteiger partial charge in [-0.3, -0.25) is 24.9 Å². The summed E-state index contributed by atoms with van der Waals surface area (Å²) in [6, 6.07) is 14.8. The van der Waals surface area contributed by atoms with Crippen LogP contribution in [0.1, 0.15) is 113 Å². The van der Waals surface area contributed by atoms with Crippen molar-refractivity contribution < 1.29 is 9.59 Å². The number of nitrogens with zero attached hydrogens (tertiary/aromatic N) is 6. The summed E-state index contributed by atoms with van der Waals surface area (Å²) in [4.78, 5) is 34.8. The molecule has 5 rings (SSSR count). The Morgan fingerprint density at radius 1 is 1.09 bits per heavy atom. The van der Waals surface area contributed by atoms with Crippen molar-refractivity contribution in [1.82, 2.24) is 30.8 Å². The molecule has 3 aromatic rings. The number of benzene rings is 2. The second-order valence-corrected chi connectivity index (χ2v) is 14.9. The number of hydrogen-bond acceptors (Lipinski definition) is 6. The van der Waals surface area contributed by atoms with Gasteiger partial charge in [0.2, 0.25) is 0 Å². The summed E-state index contributed by atoms with van der Waals surface area (Å²) in [6.07, 6.45) is 5.32. The molecule has 44 heavy (non-hydrogen) atoms. The van der Waals surface area contributed by atoms with Crippen LogP contribution in [0.2, 0.25) is 5.02 Å². The van der Waals surface area contributed by atoms with Crippen LogP contribution in [0.3, 0.4) is 0 Å². The van der Waals surface area contributed by atoms with Crippen LogP contribution < -0.4 is 10.4 Å². The van der Waals surface area contributed by atoms with Crippen molar-refractivity contribution in [3.05, 3.63) is 76.1 Å². The normalized spacial score (nSPS) is 21.4. The monoisotopic (exact) mass is 616 g/mol. The van der Waals surface area contributed by atoms with E-state index >= 15 is 0 Å². The van der Waals surface area contributed by atoms with Gasteiger partial charge in [0.15, 0.2) is 0 Å². The van der Waals surface area contributed by atoms with E-state index in [0.29, 0.717) is 28.0 Å². The highest BCUT2D eigenvalue weighted by atomic mass is 35.5. The Morgan fingerprint density at radius 2 is 1.80 bits per heavy atom. The molecule has 2 aliphatic rings. The molecule has 0 unspecified atom stereocenters. The molecule has 1 aliphatic heterocycles. The van der Waals surface area contributed by atoms with Gasteiger partial charge in [-0.1, -0.05) is 77.4 Å². The zero-order valence-electron chi connectivity index (χ0n) is 26.6. The maximum atomic E-state index is 14.5. The Bertz CT molecular complexity index is 1500. The number of halogens is 1. The van der Waals surface area contributed by atoms with Crippen molar-refractivity contribution in [1.29, 1.82) is 0 Å². The van der Waals surface area contributed by atoms with Crippen molar-refractivity contribution in [2.45, 2.75) is 98.3 Å². The van der Waals surface area contributed by atoms with Gasteiger partial charge in [0.05, 0.1) is 6.04 Å². The molecule has 9 nitrogen and oxygen atoms in total. The molecule has 1 aliphatic carbocycles. The van der Waals surface area contributed by atoms with Crippen LogP contribution in [0.25, 0.3) is 0 Å². The largest absolute Gasteiger partial charge is 0.348 e. The van der Waals surface area contributed by atoms with Gasteiger partial charge < -0.3 is 15.3 Å². The van der Waals surface area contributed by atoms with Crippen LogP contribution in [-0.2, 0) is 11.3 Å². The first-order valence-electron chi connectivity index (χ1n) is 15.5. The zero-order valence-corrected chi connectivity index (χ0v) is 27.4. The maximum absolute atomic E-state index is 14.5. The molecule has 1 spiro atoms. The highest BCUT2D eigenvalue weighted by Crippen LogP contribution is 2.50. The van der Waals surface area contributed by atoms with E-state index in [1.54, 1.807) is 0 Å². The third-order valence-corrected chi connectivity index (χ3v) is 9.34. The molecule has 1 fully saturated rings. The Balaban J connectivity index is 1.49. The molecular weight excluding hydrogens is 574 g/mol. The van der Waals surface area contributed by atoms with Gasteiger partial charge in [-0.2, -0.15) is 5.21 Å². The maximum Gasteiger partial charge on any atom is 0.275 e. The number of nitrogens with one attached hydrogen (secondary N) is 1. The summed E-state index contributed by atoms with van der Waals surface area (Å²) in [6.45, 7) is 13.7. The van der Waals surface area contributed by atoms with Crippen molar-refractivity contribution in [3.8, 4) is 0 Å². The molecule has 1 atom stereocenters. The number of aliphatic imine (C=N–C) groups is 1. The summed E-state index contributed by atoms with van der Waals surface area (Å²) in [5.41, 5.74) is 2.38. The van der Waals surface area contributed by atoms with E-state index < -0.39 is 5.66 Å². The Morgan fingerprint density at radius 3 is 2.39 bits per heavy atom. The fourth-order valence-corrected chi connectivity index (χ4v) is 6.72. The van der Waals surface area contributed by atoms with Gasteiger partial charge in [-0.05, 0) is 85.1 Å². The van der Waals surface area contributed by atoms with Gasteiger partial charge >= 0.3 is 0 Å². The SMILES string of the molecule is CC(C)(C)CC[C@H](c1ccc(C(=O)NCc2nnn[n-]2)cc1)N1C(=O)C(c2cccc(Cl)c2)=NC12CCC(C(C)(C)C)CC2. The second-order valence-electron chi connectivity index (χ2n) is 14.5. The van der Waals surface area contributed by atoms with E-state index in [1.165, 1.54) is 0 Å². The lowest BCUT2D eigenvalue weighted by Crippen LogP contribution is -2.51. The highest BCUT2D eigenvalue weighted by Gasteiger charge is 2.52. The molecule has 10 heteroatoms. The number of carbonyl (C=O) groups is 2. The Hall–Kier alpha value is -3.59. The topological polar surface area (TPSA) is 115 Å². The molecule has 2 amide bonds. The predicted molar refractivity (Wildman–Crippen MR) is 171 cm³/mol. The number of rotatable bonds is 8. The molecule has 0 bridgehead atoms. The minimum atomic E-state index is -0.628. The lowest BCUT2D eigenvalue weighted by molar-refractivity contribution is -0.134. The third-order valence-electron chi connectivity index (χ3n) is 9.10. The molecule has 1 N–H and O–H groups in total. The molecule has 2 aromatic carbocycles. The van der Waals surface area contributed by atoms with E-state index in [1.807, 2.05) is 48.5 Å². The summed E-state index contributed by atoms with van der Waals surface area (Å²) in [7, 11) is 0. The second kappa shape index (κ2) is 12.4. The van der Waals surface area contributed by atoms with Crippen LogP contribution in [0, 0.1) is 16.7 Å². The number of hydrogen-bond donors (Lipinski definition) is 1. The number of carbonyl (C=O) groups excluding carboxylic acids is 2. The third kappa shape index (κ3) is 7.04. The first-order valence-corrected chi connectivity index (χ1v) is 15.9. The van der Waals surface area contributed by atoms with Crippen LogP contribution in [-0.4, -0.2) is 43.6 Å². The van der Waals surface area contributed by atoms with Crippen molar-refractivity contribution >= 4 is 29.1 Å². The van der Waals surface area contributed by atoms with Gasteiger partial charge in [0, 0.05) is 28.5 Å². The lowest BCUT2D eigenvalue weighted by Gasteiger charge is -2.47. The first kappa shape index (κ1) is 31.8. The zero-order chi connectivity index (χ0) is 31.7. The molecule has 1 saturated carbocycles. The predicted octanol–water partition coefficient (Wildman–Crippen LogP) is 6.54. The fraction of sp³-hybridized carbons (Fsp3) is 0.529. The van der Waals surface area contributed by atoms with Gasteiger partial charge in [0.25, 0.3) is 11.8 Å².